The zero-order chi connectivity index (χ0) is 21.3. The number of aromatic amines is 1. The van der Waals surface area contributed by atoms with Gasteiger partial charge in [0.05, 0.1) is 17.5 Å². The highest BCUT2D eigenvalue weighted by molar-refractivity contribution is 5.94. The van der Waals surface area contributed by atoms with Crippen LogP contribution < -0.4 is 5.32 Å². The predicted molar refractivity (Wildman–Crippen MR) is 105 cm³/mol. The third-order valence-electron chi connectivity index (χ3n) is 4.60. The molecule has 6 nitrogen and oxygen atoms in total. The molecule has 0 spiro atoms. The maximum absolute atomic E-state index is 13.8. The molecule has 0 radical (unpaired) electrons. The zero-order valence-electron chi connectivity index (χ0n) is 15.7. The molecule has 30 heavy (non-hydrogen) atoms. The number of nitriles is 1. The number of halogens is 3. The Hall–Kier alpha value is -3.93. The molecule has 0 bridgehead atoms. The molecule has 0 saturated carbocycles. The Morgan fingerprint density at radius 1 is 1.20 bits per heavy atom. The molecule has 0 saturated heterocycles. The second kappa shape index (κ2) is 7.48. The van der Waals surface area contributed by atoms with Crippen molar-refractivity contribution in [3.8, 4) is 17.3 Å². The highest BCUT2D eigenvalue weighted by Gasteiger charge is 2.26. The molecule has 0 unspecified atom stereocenters. The lowest BCUT2D eigenvalue weighted by Gasteiger charge is -2.11. The lowest BCUT2D eigenvalue weighted by Crippen LogP contribution is -2.07. The van der Waals surface area contributed by atoms with Gasteiger partial charge in [-0.15, -0.1) is 0 Å². The quantitative estimate of drug-likeness (QED) is 0.497. The van der Waals surface area contributed by atoms with Gasteiger partial charge in [-0.2, -0.15) is 5.26 Å². The molecule has 150 valence electrons. The van der Waals surface area contributed by atoms with Crippen molar-refractivity contribution in [1.82, 2.24) is 19.9 Å². The summed E-state index contributed by atoms with van der Waals surface area (Å²) in [6, 6.07) is 9.62. The summed E-state index contributed by atoms with van der Waals surface area (Å²) in [4.78, 5) is 15.4. The number of alkyl halides is 2. The Bertz CT molecular complexity index is 1270. The Morgan fingerprint density at radius 3 is 2.73 bits per heavy atom. The van der Waals surface area contributed by atoms with E-state index in [1.807, 2.05) is 6.07 Å². The summed E-state index contributed by atoms with van der Waals surface area (Å²) in [5.74, 6) is -3.26. The van der Waals surface area contributed by atoms with Crippen LogP contribution in [0, 0.1) is 17.1 Å². The van der Waals surface area contributed by atoms with Crippen molar-refractivity contribution >= 4 is 17.0 Å². The molecule has 0 aliphatic rings. The van der Waals surface area contributed by atoms with E-state index in [-0.39, 0.29) is 35.1 Å². The van der Waals surface area contributed by atoms with Gasteiger partial charge in [-0.3, -0.25) is 0 Å². The molecular formula is C21H15F3N6. The first-order valence-corrected chi connectivity index (χ1v) is 8.97. The third kappa shape index (κ3) is 3.67. The van der Waals surface area contributed by atoms with Gasteiger partial charge in [0.1, 0.15) is 17.5 Å². The number of pyridine rings is 1. The van der Waals surface area contributed by atoms with Gasteiger partial charge in [0.25, 0.3) is 5.92 Å². The first kappa shape index (κ1) is 19.4. The largest absolute Gasteiger partial charge is 0.350 e. The van der Waals surface area contributed by atoms with Crippen LogP contribution in [0.25, 0.3) is 22.3 Å². The van der Waals surface area contributed by atoms with Gasteiger partial charge in [0.2, 0.25) is 5.95 Å². The number of nitrogens with one attached hydrogen (secondary N) is 2. The Labute approximate surface area is 169 Å². The van der Waals surface area contributed by atoms with Crippen molar-refractivity contribution in [1.29, 1.82) is 5.26 Å². The number of benzene rings is 1. The van der Waals surface area contributed by atoms with E-state index in [2.05, 4.69) is 25.3 Å². The molecule has 0 aliphatic carbocycles. The smallest absolute Gasteiger partial charge is 0.272 e. The third-order valence-corrected chi connectivity index (χ3v) is 4.60. The number of hydrogen-bond acceptors (Lipinski definition) is 5. The maximum atomic E-state index is 13.8. The average molecular weight is 408 g/mol. The zero-order valence-corrected chi connectivity index (χ0v) is 15.7. The van der Waals surface area contributed by atoms with Crippen LogP contribution in [0.3, 0.4) is 0 Å². The highest BCUT2D eigenvalue weighted by Crippen LogP contribution is 2.33. The van der Waals surface area contributed by atoms with Crippen LogP contribution in [0.15, 0.2) is 48.9 Å². The number of aromatic nitrogens is 4. The van der Waals surface area contributed by atoms with E-state index in [4.69, 9.17) is 0 Å². The summed E-state index contributed by atoms with van der Waals surface area (Å²) >= 11 is 0. The minimum Gasteiger partial charge on any atom is -0.350 e. The van der Waals surface area contributed by atoms with Crippen LogP contribution in [0.1, 0.15) is 23.6 Å². The van der Waals surface area contributed by atoms with Gasteiger partial charge < -0.3 is 10.3 Å². The van der Waals surface area contributed by atoms with Gasteiger partial charge >= 0.3 is 0 Å². The van der Waals surface area contributed by atoms with Crippen LogP contribution in [0.4, 0.5) is 19.1 Å². The molecule has 0 atom stereocenters. The fourth-order valence-corrected chi connectivity index (χ4v) is 3.01. The van der Waals surface area contributed by atoms with Crippen molar-refractivity contribution in [3.05, 3.63) is 71.4 Å². The van der Waals surface area contributed by atoms with Gasteiger partial charge in [-0.05, 0) is 12.1 Å². The molecule has 2 N–H and O–H groups in total. The van der Waals surface area contributed by atoms with Gasteiger partial charge in [-0.25, -0.2) is 28.1 Å². The van der Waals surface area contributed by atoms with E-state index in [9.17, 15) is 18.4 Å². The highest BCUT2D eigenvalue weighted by atomic mass is 19.3. The molecule has 3 heterocycles. The van der Waals surface area contributed by atoms with Crippen LogP contribution in [-0.4, -0.2) is 19.9 Å². The number of nitrogens with zero attached hydrogens (tertiary/aromatic N) is 4. The van der Waals surface area contributed by atoms with E-state index in [1.165, 1.54) is 18.3 Å². The van der Waals surface area contributed by atoms with E-state index in [0.717, 1.165) is 13.1 Å². The Balaban J connectivity index is 1.74. The fourth-order valence-electron chi connectivity index (χ4n) is 3.01. The van der Waals surface area contributed by atoms with E-state index in [0.29, 0.717) is 22.2 Å². The molecule has 1 aromatic carbocycles. The summed E-state index contributed by atoms with van der Waals surface area (Å²) in [5, 5.41) is 12.8. The van der Waals surface area contributed by atoms with E-state index < -0.39 is 5.92 Å². The number of hydrogen-bond donors (Lipinski definition) is 2. The first-order chi connectivity index (χ1) is 14.4. The molecule has 0 fully saturated rings. The lowest BCUT2D eigenvalue weighted by molar-refractivity contribution is 0.0173. The molecule has 0 amide bonds. The normalized spacial score (nSPS) is 11.4. The number of fused-ring (bicyclic) bond motifs is 1. The SMILES string of the molecule is CC(F)(F)c1cnc2[nH]cc(-c3nc(NCc4ccccc4F)ncc3C#N)c2c1. The topological polar surface area (TPSA) is 90.3 Å². The maximum Gasteiger partial charge on any atom is 0.272 e. The van der Waals surface area contributed by atoms with E-state index in [1.54, 1.807) is 24.4 Å². The van der Waals surface area contributed by atoms with Crippen molar-refractivity contribution in [3.63, 3.8) is 0 Å². The van der Waals surface area contributed by atoms with Crippen LogP contribution in [-0.2, 0) is 12.5 Å². The Kier molecular flexibility index (Phi) is 4.83. The van der Waals surface area contributed by atoms with E-state index >= 15 is 0 Å². The minimum absolute atomic E-state index is 0.139. The number of H-pyrrole nitrogens is 1. The standard InChI is InChI=1S/C21H15F3N6/c1-21(23,24)14-6-15-16(11-27-19(15)26-10-14)18-13(7-25)9-29-20(30-18)28-8-12-4-2-3-5-17(12)22/h2-6,9-11H,8H2,1H3,(H,26,27)(H,28,29,30). The monoisotopic (exact) mass is 408 g/mol. The van der Waals surface area contributed by atoms with Crippen LogP contribution in [0.2, 0.25) is 0 Å². The van der Waals surface area contributed by atoms with Crippen molar-refractivity contribution < 1.29 is 13.2 Å². The lowest BCUT2D eigenvalue weighted by atomic mass is 10.1. The second-order valence-corrected chi connectivity index (χ2v) is 6.72. The first-order valence-electron chi connectivity index (χ1n) is 8.97. The molecule has 9 heteroatoms. The second-order valence-electron chi connectivity index (χ2n) is 6.72. The van der Waals surface area contributed by atoms with Gasteiger partial charge in [0, 0.05) is 47.9 Å². The molecule has 3 aromatic heterocycles. The summed E-state index contributed by atoms with van der Waals surface area (Å²) in [7, 11) is 0. The molecule has 4 rings (SSSR count). The fraction of sp³-hybridized carbons (Fsp3) is 0.143. The van der Waals surface area contributed by atoms with Gasteiger partial charge in [-0.1, -0.05) is 18.2 Å². The van der Waals surface area contributed by atoms with Crippen LogP contribution in [0.5, 0.6) is 0 Å². The summed E-state index contributed by atoms with van der Waals surface area (Å²) in [5.41, 5.74) is 1.44. The molecular weight excluding hydrogens is 393 g/mol. The minimum atomic E-state index is -3.06. The number of rotatable bonds is 5. The van der Waals surface area contributed by atoms with Crippen molar-refractivity contribution in [2.24, 2.45) is 0 Å². The van der Waals surface area contributed by atoms with Crippen molar-refractivity contribution in [2.75, 3.05) is 5.32 Å². The molecule has 0 aliphatic heterocycles. The van der Waals surface area contributed by atoms with Crippen molar-refractivity contribution in [2.45, 2.75) is 19.4 Å². The molecule has 4 aromatic rings. The summed E-state index contributed by atoms with van der Waals surface area (Å²) in [6.07, 6.45) is 3.99. The Morgan fingerprint density at radius 2 is 2.00 bits per heavy atom. The van der Waals surface area contributed by atoms with Crippen LogP contribution >= 0.6 is 0 Å². The number of anilines is 1. The summed E-state index contributed by atoms with van der Waals surface area (Å²) in [6.45, 7) is 0.929. The van der Waals surface area contributed by atoms with Gasteiger partial charge in [0.15, 0.2) is 0 Å². The average Bonchev–Trinajstić information content (AvgIpc) is 3.15. The summed E-state index contributed by atoms with van der Waals surface area (Å²) < 4.78 is 41.3. The predicted octanol–water partition coefficient (Wildman–Crippen LogP) is 4.75.